The topological polar surface area (TPSA) is 115 Å². The van der Waals surface area contributed by atoms with Crippen molar-refractivity contribution in [2.75, 3.05) is 0 Å². The smallest absolute Gasteiger partial charge is 0.153 e. The summed E-state index contributed by atoms with van der Waals surface area (Å²) in [6.07, 6.45) is 0.382. The molecule has 0 aliphatic carbocycles. The van der Waals surface area contributed by atoms with Gasteiger partial charge in [0.2, 0.25) is 0 Å². The molecule has 2 atom stereocenters. The van der Waals surface area contributed by atoms with Crippen LogP contribution in [-0.4, -0.2) is 33.0 Å². The summed E-state index contributed by atoms with van der Waals surface area (Å²) in [7, 11) is 0. The summed E-state index contributed by atoms with van der Waals surface area (Å²) in [6, 6.07) is 18.9. The Morgan fingerprint density at radius 2 is 1.00 bits per heavy atom. The van der Waals surface area contributed by atoms with Gasteiger partial charge in [0.05, 0.1) is 17.2 Å². The molecular weight excluding hydrogens is 528 g/mol. The minimum atomic E-state index is -0.909. The van der Waals surface area contributed by atoms with Crippen LogP contribution >= 0.6 is 0 Å². The minimum absolute atomic E-state index is 0.0182. The van der Waals surface area contributed by atoms with Crippen LogP contribution in [0.2, 0.25) is 0 Å². The molecule has 4 aromatic rings. The number of aliphatic hydroxyl groups excluding tert-OH is 1. The maximum absolute atomic E-state index is 11.9. The fourth-order valence-electron chi connectivity index (χ4n) is 5.74. The SMILES string of the molecule is Cc1cc(C(C)(C)c2ccc(C(C)(c3cc(C)c(O)c(C=O)c3)c3cc(C)c(O)c(C(C)O)c3)cc2)cc(C=O)c1O. The van der Waals surface area contributed by atoms with Crippen molar-refractivity contribution in [3.05, 3.63) is 122 Å². The van der Waals surface area contributed by atoms with E-state index in [1.54, 1.807) is 45.9 Å². The highest BCUT2D eigenvalue weighted by molar-refractivity contribution is 5.81. The third kappa shape index (κ3) is 5.07. The number of phenolic OH excluding ortho intramolecular Hbond substituents is 3. The first kappa shape index (κ1) is 30.5. The van der Waals surface area contributed by atoms with Crippen LogP contribution in [0.3, 0.4) is 0 Å². The Kier molecular flexibility index (Phi) is 8.07. The molecule has 0 fully saturated rings. The lowest BCUT2D eigenvalue weighted by Crippen LogP contribution is -2.27. The van der Waals surface area contributed by atoms with E-state index in [0.29, 0.717) is 34.8 Å². The fourth-order valence-corrected chi connectivity index (χ4v) is 5.74. The quantitative estimate of drug-likeness (QED) is 0.134. The molecule has 0 amide bonds. The van der Waals surface area contributed by atoms with E-state index in [2.05, 4.69) is 13.8 Å². The molecule has 42 heavy (non-hydrogen) atoms. The van der Waals surface area contributed by atoms with E-state index in [9.17, 15) is 30.0 Å². The highest BCUT2D eigenvalue weighted by atomic mass is 16.3. The average molecular weight is 567 g/mol. The van der Waals surface area contributed by atoms with Gasteiger partial charge in [-0.25, -0.2) is 0 Å². The average Bonchev–Trinajstić information content (AvgIpc) is 2.96. The Morgan fingerprint density at radius 3 is 1.48 bits per heavy atom. The van der Waals surface area contributed by atoms with Gasteiger partial charge in [-0.15, -0.1) is 0 Å². The van der Waals surface area contributed by atoms with Crippen LogP contribution in [0.4, 0.5) is 0 Å². The molecule has 0 saturated carbocycles. The lowest BCUT2D eigenvalue weighted by Gasteiger charge is -2.35. The highest BCUT2D eigenvalue weighted by Crippen LogP contribution is 2.45. The van der Waals surface area contributed by atoms with Crippen LogP contribution in [-0.2, 0) is 10.8 Å². The number of phenols is 3. The van der Waals surface area contributed by atoms with Gasteiger partial charge in [-0.05, 0) is 97.3 Å². The van der Waals surface area contributed by atoms with Gasteiger partial charge in [0.15, 0.2) is 12.6 Å². The van der Waals surface area contributed by atoms with Crippen molar-refractivity contribution in [1.82, 2.24) is 0 Å². The molecule has 2 unspecified atom stereocenters. The monoisotopic (exact) mass is 566 g/mol. The zero-order chi connectivity index (χ0) is 31.1. The second-order valence-electron chi connectivity index (χ2n) is 11.9. The number of rotatable bonds is 8. The molecule has 0 aliphatic rings. The summed E-state index contributed by atoms with van der Waals surface area (Å²) < 4.78 is 0. The number of aryl methyl sites for hydroxylation is 3. The van der Waals surface area contributed by atoms with E-state index in [-0.39, 0.29) is 28.4 Å². The van der Waals surface area contributed by atoms with E-state index in [1.165, 1.54) is 0 Å². The Hall–Kier alpha value is -4.42. The molecule has 0 heterocycles. The first-order valence-corrected chi connectivity index (χ1v) is 13.9. The molecule has 6 heteroatoms. The van der Waals surface area contributed by atoms with Crippen molar-refractivity contribution in [2.45, 2.75) is 65.4 Å². The maximum Gasteiger partial charge on any atom is 0.153 e. The molecule has 4 aromatic carbocycles. The van der Waals surface area contributed by atoms with Gasteiger partial charge in [-0.3, -0.25) is 9.59 Å². The van der Waals surface area contributed by atoms with Crippen molar-refractivity contribution >= 4 is 12.6 Å². The summed E-state index contributed by atoms with van der Waals surface area (Å²) in [5.41, 5.74) is 5.57. The van der Waals surface area contributed by atoms with Gasteiger partial charge < -0.3 is 20.4 Å². The van der Waals surface area contributed by atoms with E-state index >= 15 is 0 Å². The summed E-state index contributed by atoms with van der Waals surface area (Å²) in [6.45, 7) is 13.0. The molecule has 0 spiro atoms. The van der Waals surface area contributed by atoms with Gasteiger partial charge in [0, 0.05) is 16.4 Å². The van der Waals surface area contributed by atoms with Crippen molar-refractivity contribution in [3.63, 3.8) is 0 Å². The van der Waals surface area contributed by atoms with Crippen molar-refractivity contribution in [1.29, 1.82) is 0 Å². The van der Waals surface area contributed by atoms with Crippen molar-refractivity contribution in [2.24, 2.45) is 0 Å². The van der Waals surface area contributed by atoms with Gasteiger partial charge in [0.25, 0.3) is 0 Å². The van der Waals surface area contributed by atoms with Gasteiger partial charge in [-0.1, -0.05) is 56.3 Å². The van der Waals surface area contributed by atoms with Gasteiger partial charge in [-0.2, -0.15) is 0 Å². The molecule has 4 rings (SSSR count). The fraction of sp³-hybridized carbons (Fsp3) is 0.278. The summed E-state index contributed by atoms with van der Waals surface area (Å²) in [4.78, 5) is 23.5. The normalized spacial score (nSPS) is 13.8. The van der Waals surface area contributed by atoms with Crippen LogP contribution in [0, 0.1) is 20.8 Å². The second-order valence-corrected chi connectivity index (χ2v) is 11.9. The van der Waals surface area contributed by atoms with Gasteiger partial charge in [0.1, 0.15) is 17.2 Å². The summed E-state index contributed by atoms with van der Waals surface area (Å²) in [5.74, 6) is -0.0588. The zero-order valence-electron chi connectivity index (χ0n) is 25.1. The second kappa shape index (κ2) is 11.1. The summed E-state index contributed by atoms with van der Waals surface area (Å²) >= 11 is 0. The lowest BCUT2D eigenvalue weighted by atomic mass is 9.68. The molecule has 0 bridgehead atoms. The maximum atomic E-state index is 11.9. The number of aldehydes is 2. The van der Waals surface area contributed by atoms with Crippen LogP contribution < -0.4 is 0 Å². The zero-order valence-corrected chi connectivity index (χ0v) is 25.1. The van der Waals surface area contributed by atoms with Crippen LogP contribution in [0.1, 0.15) is 105 Å². The number of carbonyl (C=O) groups is 2. The van der Waals surface area contributed by atoms with Crippen LogP contribution in [0.25, 0.3) is 0 Å². The predicted octanol–water partition coefficient (Wildman–Crippen LogP) is 7.09. The largest absolute Gasteiger partial charge is 0.507 e. The first-order chi connectivity index (χ1) is 19.7. The highest BCUT2D eigenvalue weighted by Gasteiger charge is 2.35. The van der Waals surface area contributed by atoms with Crippen molar-refractivity contribution < 1.29 is 30.0 Å². The Morgan fingerprint density at radius 1 is 0.595 bits per heavy atom. The predicted molar refractivity (Wildman–Crippen MR) is 164 cm³/mol. The molecule has 0 saturated heterocycles. The van der Waals surface area contributed by atoms with E-state index < -0.39 is 16.9 Å². The first-order valence-electron chi connectivity index (χ1n) is 13.9. The van der Waals surface area contributed by atoms with E-state index in [1.807, 2.05) is 49.4 Å². The lowest BCUT2D eigenvalue weighted by molar-refractivity contribution is 0.111. The van der Waals surface area contributed by atoms with E-state index in [4.69, 9.17) is 0 Å². The molecule has 4 N–H and O–H groups in total. The molecule has 0 aromatic heterocycles. The molecule has 0 radical (unpaired) electrons. The molecule has 0 aliphatic heterocycles. The standard InChI is InChI=1S/C36H38O6/c1-20-12-28(15-24(18-37)32(20)40)35(5,6)26-8-10-27(11-9-26)36(7,29-13-21(2)33(41)25(16-29)19-38)30-14-22(3)34(42)31(17-30)23(4)39/h8-19,23,39-42H,1-7H3. The van der Waals surface area contributed by atoms with Crippen molar-refractivity contribution in [3.8, 4) is 17.2 Å². The number of hydrogen-bond donors (Lipinski definition) is 4. The Labute approximate surface area is 246 Å². The third-order valence-corrected chi connectivity index (χ3v) is 8.75. The number of aromatic hydroxyl groups is 3. The number of benzene rings is 4. The third-order valence-electron chi connectivity index (χ3n) is 8.75. The molecule has 6 nitrogen and oxygen atoms in total. The number of hydrogen-bond acceptors (Lipinski definition) is 6. The Bertz CT molecular complexity index is 1680. The molecule has 218 valence electrons. The summed E-state index contributed by atoms with van der Waals surface area (Å²) in [5, 5.41) is 41.9. The van der Waals surface area contributed by atoms with Crippen LogP contribution in [0.5, 0.6) is 17.2 Å². The Balaban J connectivity index is 1.95. The number of aliphatic hydroxyl groups is 1. The number of carbonyl (C=O) groups excluding carboxylic acids is 2. The van der Waals surface area contributed by atoms with Crippen LogP contribution in [0.15, 0.2) is 60.7 Å². The van der Waals surface area contributed by atoms with E-state index in [0.717, 1.165) is 27.8 Å². The molecular formula is C36H38O6. The van der Waals surface area contributed by atoms with Gasteiger partial charge >= 0.3 is 0 Å². The minimum Gasteiger partial charge on any atom is -0.507 e.